The number of amides is 1. The number of thioether (sulfide) groups is 1. The number of carbonyl (C=O) groups is 1. The number of benzene rings is 1. The van der Waals surface area contributed by atoms with Crippen LogP contribution in [0.25, 0.3) is 0 Å². The Morgan fingerprint density at radius 3 is 2.41 bits per heavy atom. The lowest BCUT2D eigenvalue weighted by Gasteiger charge is -2.22. The van der Waals surface area contributed by atoms with Gasteiger partial charge in [0.25, 0.3) is 5.91 Å². The first-order valence-corrected chi connectivity index (χ1v) is 7.47. The van der Waals surface area contributed by atoms with Gasteiger partial charge in [-0.25, -0.2) is 0 Å². The molecular weight excluding hydrogens is 230 g/mol. The van der Waals surface area contributed by atoms with Crippen molar-refractivity contribution in [2.24, 2.45) is 0 Å². The van der Waals surface area contributed by atoms with Gasteiger partial charge in [0, 0.05) is 16.5 Å². The van der Waals surface area contributed by atoms with Crippen molar-refractivity contribution in [2.45, 2.75) is 43.0 Å². The van der Waals surface area contributed by atoms with Crippen LogP contribution in [-0.2, 0) is 0 Å². The smallest absolute Gasteiger partial charge is 0.251 e. The van der Waals surface area contributed by atoms with Crippen LogP contribution in [0.15, 0.2) is 29.2 Å². The molecule has 3 heteroatoms. The first kappa shape index (κ1) is 12.5. The first-order chi connectivity index (χ1) is 8.29. The lowest BCUT2D eigenvalue weighted by Crippen LogP contribution is -2.36. The standard InChI is InChI=1S/C14H19NOS/c1-17-13-9-7-11(8-10-13)14(16)15-12-5-3-2-4-6-12/h7-10,12H,2-6H2,1H3,(H,15,16). The van der Waals surface area contributed by atoms with Gasteiger partial charge in [-0.1, -0.05) is 19.3 Å². The third-order valence-corrected chi connectivity index (χ3v) is 4.04. The van der Waals surface area contributed by atoms with Crippen molar-refractivity contribution >= 4 is 17.7 Å². The highest BCUT2D eigenvalue weighted by atomic mass is 32.2. The zero-order valence-electron chi connectivity index (χ0n) is 10.2. The third-order valence-electron chi connectivity index (χ3n) is 3.29. The summed E-state index contributed by atoms with van der Waals surface area (Å²) in [7, 11) is 0. The second kappa shape index (κ2) is 6.10. The lowest BCUT2D eigenvalue weighted by molar-refractivity contribution is 0.0927. The van der Waals surface area contributed by atoms with Gasteiger partial charge in [0.2, 0.25) is 0 Å². The van der Waals surface area contributed by atoms with Gasteiger partial charge in [0.1, 0.15) is 0 Å². The van der Waals surface area contributed by atoms with Gasteiger partial charge in [0.05, 0.1) is 0 Å². The summed E-state index contributed by atoms with van der Waals surface area (Å²) in [5.74, 6) is 0.0737. The zero-order valence-corrected chi connectivity index (χ0v) is 11.1. The van der Waals surface area contributed by atoms with E-state index in [9.17, 15) is 4.79 Å². The molecule has 1 N–H and O–H groups in total. The van der Waals surface area contributed by atoms with Crippen molar-refractivity contribution in [3.05, 3.63) is 29.8 Å². The molecule has 1 aliphatic rings. The van der Waals surface area contributed by atoms with Crippen LogP contribution in [0.4, 0.5) is 0 Å². The molecule has 0 unspecified atom stereocenters. The van der Waals surface area contributed by atoms with E-state index >= 15 is 0 Å². The van der Waals surface area contributed by atoms with E-state index in [1.54, 1.807) is 11.8 Å². The molecule has 0 atom stereocenters. The summed E-state index contributed by atoms with van der Waals surface area (Å²) in [5, 5.41) is 3.13. The molecule has 0 heterocycles. The van der Waals surface area contributed by atoms with Gasteiger partial charge < -0.3 is 5.32 Å². The van der Waals surface area contributed by atoms with E-state index in [4.69, 9.17) is 0 Å². The molecule has 1 saturated carbocycles. The highest BCUT2D eigenvalue weighted by Gasteiger charge is 2.16. The SMILES string of the molecule is CSc1ccc(C(=O)NC2CCCCC2)cc1. The van der Waals surface area contributed by atoms with Crippen LogP contribution in [0.2, 0.25) is 0 Å². The summed E-state index contributed by atoms with van der Waals surface area (Å²) in [6, 6.07) is 8.20. The van der Waals surface area contributed by atoms with Crippen LogP contribution in [-0.4, -0.2) is 18.2 Å². The molecule has 1 aromatic rings. The molecule has 0 bridgehead atoms. The van der Waals surface area contributed by atoms with E-state index < -0.39 is 0 Å². The third kappa shape index (κ3) is 3.50. The van der Waals surface area contributed by atoms with Crippen molar-refractivity contribution in [3.8, 4) is 0 Å². The van der Waals surface area contributed by atoms with E-state index in [0.29, 0.717) is 6.04 Å². The zero-order chi connectivity index (χ0) is 12.1. The molecule has 0 radical (unpaired) electrons. The van der Waals surface area contributed by atoms with Crippen LogP contribution < -0.4 is 5.32 Å². The van der Waals surface area contributed by atoms with Crippen LogP contribution >= 0.6 is 11.8 Å². The summed E-state index contributed by atoms with van der Waals surface area (Å²) in [6.07, 6.45) is 8.11. The Hall–Kier alpha value is -0.960. The molecule has 1 fully saturated rings. The molecule has 17 heavy (non-hydrogen) atoms. The van der Waals surface area contributed by atoms with Gasteiger partial charge in [-0.05, 0) is 43.4 Å². The molecule has 92 valence electrons. The minimum Gasteiger partial charge on any atom is -0.349 e. The first-order valence-electron chi connectivity index (χ1n) is 6.24. The lowest BCUT2D eigenvalue weighted by atomic mass is 9.95. The number of hydrogen-bond acceptors (Lipinski definition) is 2. The molecular formula is C14H19NOS. The fourth-order valence-electron chi connectivity index (χ4n) is 2.26. The summed E-state index contributed by atoms with van der Waals surface area (Å²) in [6.45, 7) is 0. The van der Waals surface area contributed by atoms with Crippen molar-refractivity contribution < 1.29 is 4.79 Å². The van der Waals surface area contributed by atoms with Crippen molar-refractivity contribution in [3.63, 3.8) is 0 Å². The topological polar surface area (TPSA) is 29.1 Å². The van der Waals surface area contributed by atoms with Crippen LogP contribution in [0.1, 0.15) is 42.5 Å². The van der Waals surface area contributed by atoms with Crippen molar-refractivity contribution in [2.75, 3.05) is 6.26 Å². The van der Waals surface area contributed by atoms with E-state index in [1.165, 1.54) is 24.2 Å². The van der Waals surface area contributed by atoms with Crippen molar-refractivity contribution in [1.82, 2.24) is 5.32 Å². The minimum absolute atomic E-state index is 0.0737. The molecule has 1 aliphatic carbocycles. The van der Waals surface area contributed by atoms with Crippen LogP contribution in [0.3, 0.4) is 0 Å². The average molecular weight is 249 g/mol. The Bertz CT molecular complexity index is 368. The number of carbonyl (C=O) groups excluding carboxylic acids is 1. The van der Waals surface area contributed by atoms with E-state index in [0.717, 1.165) is 18.4 Å². The highest BCUT2D eigenvalue weighted by Crippen LogP contribution is 2.18. The van der Waals surface area contributed by atoms with Crippen molar-refractivity contribution in [1.29, 1.82) is 0 Å². The fraction of sp³-hybridized carbons (Fsp3) is 0.500. The van der Waals surface area contributed by atoms with E-state index in [1.807, 2.05) is 30.5 Å². The second-order valence-corrected chi connectivity index (χ2v) is 5.42. The molecule has 0 aromatic heterocycles. The minimum atomic E-state index is 0.0737. The number of hydrogen-bond donors (Lipinski definition) is 1. The molecule has 0 saturated heterocycles. The normalized spacial score (nSPS) is 16.8. The molecule has 0 aliphatic heterocycles. The quantitative estimate of drug-likeness (QED) is 0.831. The highest BCUT2D eigenvalue weighted by molar-refractivity contribution is 7.98. The van der Waals surface area contributed by atoms with Gasteiger partial charge in [-0.2, -0.15) is 0 Å². The predicted octanol–water partition coefficient (Wildman–Crippen LogP) is 3.47. The summed E-state index contributed by atoms with van der Waals surface area (Å²) in [4.78, 5) is 13.2. The van der Waals surface area contributed by atoms with E-state index in [-0.39, 0.29) is 5.91 Å². The predicted molar refractivity (Wildman–Crippen MR) is 72.6 cm³/mol. The van der Waals surface area contributed by atoms with Crippen LogP contribution in [0, 0.1) is 0 Å². The Labute approximate surface area is 107 Å². The van der Waals surface area contributed by atoms with Gasteiger partial charge in [0.15, 0.2) is 0 Å². The fourth-order valence-corrected chi connectivity index (χ4v) is 2.67. The second-order valence-electron chi connectivity index (χ2n) is 4.54. The summed E-state index contributed by atoms with van der Waals surface area (Å²) < 4.78 is 0. The molecule has 0 spiro atoms. The Morgan fingerprint density at radius 1 is 1.18 bits per heavy atom. The Morgan fingerprint density at radius 2 is 1.82 bits per heavy atom. The Balaban J connectivity index is 1.93. The number of rotatable bonds is 3. The number of nitrogens with one attached hydrogen (secondary N) is 1. The summed E-state index contributed by atoms with van der Waals surface area (Å²) in [5.41, 5.74) is 0.772. The molecule has 1 amide bonds. The molecule has 1 aromatic carbocycles. The maximum absolute atomic E-state index is 12.0. The maximum Gasteiger partial charge on any atom is 0.251 e. The molecule has 2 rings (SSSR count). The largest absolute Gasteiger partial charge is 0.349 e. The van der Waals surface area contributed by atoms with Crippen LogP contribution in [0.5, 0.6) is 0 Å². The van der Waals surface area contributed by atoms with Gasteiger partial charge >= 0.3 is 0 Å². The molecule has 2 nitrogen and oxygen atoms in total. The summed E-state index contributed by atoms with van der Waals surface area (Å²) >= 11 is 1.69. The van der Waals surface area contributed by atoms with Gasteiger partial charge in [-0.15, -0.1) is 11.8 Å². The Kier molecular flexibility index (Phi) is 4.49. The maximum atomic E-state index is 12.0. The van der Waals surface area contributed by atoms with E-state index in [2.05, 4.69) is 5.32 Å². The van der Waals surface area contributed by atoms with Gasteiger partial charge in [-0.3, -0.25) is 4.79 Å². The monoisotopic (exact) mass is 249 g/mol. The average Bonchev–Trinajstić information content (AvgIpc) is 2.40.